The highest BCUT2D eigenvalue weighted by Crippen LogP contribution is 2.32. The van der Waals surface area contributed by atoms with Gasteiger partial charge in [-0.2, -0.15) is 13.2 Å². The number of carbonyl (C=O) groups is 1. The van der Waals surface area contributed by atoms with Crippen molar-refractivity contribution >= 4 is 57.4 Å². The number of halogens is 6. The van der Waals surface area contributed by atoms with Gasteiger partial charge in [-0.05, 0) is 24.3 Å². The van der Waals surface area contributed by atoms with Crippen molar-refractivity contribution in [3.63, 3.8) is 0 Å². The molecule has 0 radical (unpaired) electrons. The van der Waals surface area contributed by atoms with Gasteiger partial charge < -0.3 is 5.32 Å². The minimum atomic E-state index is -4.75. The second-order valence-electron chi connectivity index (χ2n) is 6.09. The molecule has 3 rings (SSSR count). The first kappa shape index (κ1) is 22.1. The molecule has 0 unspecified atom stereocenters. The molecule has 30 heavy (non-hydrogen) atoms. The van der Waals surface area contributed by atoms with E-state index >= 15 is 0 Å². The molecule has 0 aliphatic heterocycles. The van der Waals surface area contributed by atoms with Gasteiger partial charge in [0.05, 0.1) is 26.1 Å². The second-order valence-corrected chi connectivity index (χ2v) is 7.31. The number of aryl methyl sites for hydroxylation is 1. The Morgan fingerprint density at radius 2 is 1.73 bits per heavy atom. The van der Waals surface area contributed by atoms with Crippen LogP contribution in [0.15, 0.2) is 33.9 Å². The van der Waals surface area contributed by atoms with Gasteiger partial charge in [-0.3, -0.25) is 18.7 Å². The van der Waals surface area contributed by atoms with E-state index in [1.807, 2.05) is 0 Å². The van der Waals surface area contributed by atoms with E-state index in [1.165, 1.54) is 12.1 Å². The van der Waals surface area contributed by atoms with Gasteiger partial charge in [0.1, 0.15) is 17.9 Å². The van der Waals surface area contributed by atoms with Crippen LogP contribution in [-0.2, 0) is 24.6 Å². The summed E-state index contributed by atoms with van der Waals surface area (Å²) < 4.78 is 40.0. The lowest BCUT2D eigenvalue weighted by molar-refractivity contribution is -0.141. The number of fused-ring (bicyclic) bond motifs is 1. The van der Waals surface area contributed by atoms with Crippen molar-refractivity contribution in [2.24, 2.45) is 7.05 Å². The summed E-state index contributed by atoms with van der Waals surface area (Å²) in [6.07, 6.45) is -4.75. The van der Waals surface area contributed by atoms with Crippen LogP contribution < -0.4 is 16.6 Å². The van der Waals surface area contributed by atoms with Crippen LogP contribution in [0.5, 0.6) is 0 Å². The SMILES string of the molecule is Cn1c(=O)n(CC(=O)Nc2cc(Cl)c(Cl)cc2Cl)c(=O)c2ccc(C(F)(F)F)nc21. The van der Waals surface area contributed by atoms with Gasteiger partial charge >= 0.3 is 11.9 Å². The fourth-order valence-electron chi connectivity index (χ4n) is 2.62. The maximum atomic E-state index is 12.9. The molecule has 0 saturated heterocycles. The number of anilines is 1. The van der Waals surface area contributed by atoms with Crippen molar-refractivity contribution in [3.8, 4) is 0 Å². The van der Waals surface area contributed by atoms with Crippen LogP contribution in [-0.4, -0.2) is 20.0 Å². The summed E-state index contributed by atoms with van der Waals surface area (Å²) in [6.45, 7) is -0.723. The number of rotatable bonds is 3. The van der Waals surface area contributed by atoms with E-state index in [1.54, 1.807) is 0 Å². The molecule has 3 aromatic rings. The number of hydrogen-bond acceptors (Lipinski definition) is 4. The lowest BCUT2D eigenvalue weighted by atomic mass is 10.2. The zero-order valence-corrected chi connectivity index (χ0v) is 17.1. The van der Waals surface area contributed by atoms with Gasteiger partial charge in [0, 0.05) is 7.05 Å². The molecule has 0 fully saturated rings. The van der Waals surface area contributed by atoms with Crippen molar-refractivity contribution in [1.29, 1.82) is 0 Å². The third-order valence-corrected chi connectivity index (χ3v) is 5.10. The minimum absolute atomic E-state index is 0.0698. The topological polar surface area (TPSA) is 86.0 Å². The van der Waals surface area contributed by atoms with E-state index in [-0.39, 0.29) is 26.1 Å². The first-order chi connectivity index (χ1) is 13.9. The van der Waals surface area contributed by atoms with E-state index in [0.717, 1.165) is 17.7 Å². The van der Waals surface area contributed by atoms with Gasteiger partial charge in [-0.1, -0.05) is 34.8 Å². The maximum absolute atomic E-state index is 12.9. The predicted molar refractivity (Wildman–Crippen MR) is 106 cm³/mol. The summed E-state index contributed by atoms with van der Waals surface area (Å²) >= 11 is 17.7. The molecule has 158 valence electrons. The molecule has 0 spiro atoms. The van der Waals surface area contributed by atoms with E-state index in [9.17, 15) is 27.6 Å². The van der Waals surface area contributed by atoms with E-state index in [0.29, 0.717) is 10.6 Å². The number of nitrogens with one attached hydrogen (secondary N) is 1. The van der Waals surface area contributed by atoms with Gasteiger partial charge in [0.25, 0.3) is 5.56 Å². The van der Waals surface area contributed by atoms with Crippen LogP contribution >= 0.6 is 34.8 Å². The minimum Gasteiger partial charge on any atom is -0.323 e. The average molecular weight is 482 g/mol. The highest BCUT2D eigenvalue weighted by atomic mass is 35.5. The third-order valence-electron chi connectivity index (χ3n) is 4.06. The van der Waals surface area contributed by atoms with Crippen LogP contribution in [0.1, 0.15) is 5.69 Å². The van der Waals surface area contributed by atoms with Crippen LogP contribution in [0, 0.1) is 0 Å². The summed E-state index contributed by atoms with van der Waals surface area (Å²) in [5, 5.41) is 2.47. The zero-order valence-electron chi connectivity index (χ0n) is 14.9. The second kappa shape index (κ2) is 7.93. The molecule has 0 bridgehead atoms. The fourth-order valence-corrected chi connectivity index (χ4v) is 3.22. The molecule has 7 nitrogen and oxygen atoms in total. The molecular weight excluding hydrogens is 472 g/mol. The Morgan fingerprint density at radius 1 is 1.10 bits per heavy atom. The fraction of sp³-hybridized carbons (Fsp3) is 0.176. The quantitative estimate of drug-likeness (QED) is 0.578. The van der Waals surface area contributed by atoms with Gasteiger partial charge in [-0.15, -0.1) is 0 Å². The van der Waals surface area contributed by atoms with Crippen molar-refractivity contribution in [1.82, 2.24) is 14.1 Å². The van der Waals surface area contributed by atoms with Crippen molar-refractivity contribution < 1.29 is 18.0 Å². The van der Waals surface area contributed by atoms with Crippen LogP contribution in [0.25, 0.3) is 11.0 Å². The monoisotopic (exact) mass is 480 g/mol. The molecule has 0 aliphatic rings. The Hall–Kier alpha value is -2.56. The summed E-state index contributed by atoms with van der Waals surface area (Å²) in [4.78, 5) is 40.8. The number of hydrogen-bond donors (Lipinski definition) is 1. The Morgan fingerprint density at radius 3 is 2.37 bits per heavy atom. The maximum Gasteiger partial charge on any atom is 0.433 e. The van der Waals surface area contributed by atoms with Crippen LogP contribution in [0.3, 0.4) is 0 Å². The Bertz CT molecular complexity index is 1300. The molecule has 0 atom stereocenters. The zero-order chi connectivity index (χ0) is 22.4. The number of carbonyl (C=O) groups excluding carboxylic acids is 1. The number of benzene rings is 1. The van der Waals surface area contributed by atoms with E-state index in [2.05, 4.69) is 10.3 Å². The highest BCUT2D eigenvalue weighted by Gasteiger charge is 2.33. The lowest BCUT2D eigenvalue weighted by Crippen LogP contribution is -2.42. The Balaban J connectivity index is 2.01. The summed E-state index contributed by atoms with van der Waals surface area (Å²) in [7, 11) is 1.14. The standard InChI is InChI=1S/C17H10Cl3F3N4O3/c1-26-14-7(2-3-12(25-14)17(21,22)23)15(29)27(16(26)30)6-13(28)24-11-5-9(19)8(18)4-10(11)20/h2-5H,6H2,1H3,(H,24,28). The summed E-state index contributed by atoms with van der Waals surface area (Å²) in [5.74, 6) is -0.797. The van der Waals surface area contributed by atoms with Crippen LogP contribution in [0.4, 0.5) is 18.9 Å². The van der Waals surface area contributed by atoms with Crippen molar-refractivity contribution in [2.45, 2.75) is 12.7 Å². The summed E-state index contributed by atoms with van der Waals surface area (Å²) in [5.41, 5.74) is -3.60. The van der Waals surface area contributed by atoms with Crippen LogP contribution in [0.2, 0.25) is 15.1 Å². The number of pyridine rings is 1. The van der Waals surface area contributed by atoms with E-state index < -0.39 is 41.2 Å². The molecule has 1 N–H and O–H groups in total. The van der Waals surface area contributed by atoms with Crippen molar-refractivity contribution in [3.05, 3.63) is 65.9 Å². The van der Waals surface area contributed by atoms with Crippen molar-refractivity contribution in [2.75, 3.05) is 5.32 Å². The molecule has 0 aliphatic carbocycles. The largest absolute Gasteiger partial charge is 0.433 e. The average Bonchev–Trinajstić information content (AvgIpc) is 2.66. The van der Waals surface area contributed by atoms with E-state index in [4.69, 9.17) is 34.8 Å². The molecular formula is C17H10Cl3F3N4O3. The number of nitrogens with zero attached hydrogens (tertiary/aromatic N) is 3. The number of aromatic nitrogens is 3. The molecule has 1 aromatic carbocycles. The van der Waals surface area contributed by atoms with Gasteiger partial charge in [0.15, 0.2) is 0 Å². The normalized spacial score (nSPS) is 11.7. The smallest absolute Gasteiger partial charge is 0.323 e. The molecule has 2 aromatic heterocycles. The molecule has 2 heterocycles. The lowest BCUT2D eigenvalue weighted by Gasteiger charge is -2.13. The Labute approximate surface area is 180 Å². The van der Waals surface area contributed by atoms with Gasteiger partial charge in [-0.25, -0.2) is 9.78 Å². The first-order valence-corrected chi connectivity index (χ1v) is 9.15. The molecule has 1 amide bonds. The highest BCUT2D eigenvalue weighted by molar-refractivity contribution is 6.44. The summed E-state index contributed by atoms with van der Waals surface area (Å²) in [6, 6.07) is 4.10. The first-order valence-electron chi connectivity index (χ1n) is 8.02. The molecule has 0 saturated carbocycles. The van der Waals surface area contributed by atoms with Gasteiger partial charge in [0.2, 0.25) is 5.91 Å². The number of amides is 1. The predicted octanol–water partition coefficient (Wildman–Crippen LogP) is 3.71. The molecule has 13 heteroatoms. The third kappa shape index (κ3) is 4.16. The Kier molecular flexibility index (Phi) is 5.85. The number of alkyl halides is 3.